The van der Waals surface area contributed by atoms with Crippen LogP contribution >= 0.6 is 11.3 Å². The molecule has 6 heteroatoms. The molecular weight excluding hydrogens is 296 g/mol. The van der Waals surface area contributed by atoms with E-state index in [1.165, 1.54) is 11.3 Å². The third-order valence-electron chi connectivity index (χ3n) is 3.47. The number of nitrogens with one attached hydrogen (secondary N) is 2. The van der Waals surface area contributed by atoms with E-state index in [9.17, 15) is 4.79 Å². The Kier molecular flexibility index (Phi) is 4.29. The Labute approximate surface area is 132 Å². The lowest BCUT2D eigenvalue weighted by atomic mass is 9.95. The fourth-order valence-electron chi connectivity index (χ4n) is 2.37. The molecule has 5 nitrogen and oxygen atoms in total. The second-order valence-corrected chi connectivity index (χ2v) is 5.75. The zero-order valence-electron chi connectivity index (χ0n) is 12.1. The highest BCUT2D eigenvalue weighted by Gasteiger charge is 2.20. The summed E-state index contributed by atoms with van der Waals surface area (Å²) in [6, 6.07) is 9.80. The highest BCUT2D eigenvalue weighted by Crippen LogP contribution is 2.28. The highest BCUT2D eigenvalue weighted by molar-refractivity contribution is 7.13. The topological polar surface area (TPSA) is 70.7 Å². The molecule has 0 spiro atoms. The molecular formula is C16H16N4OS. The van der Waals surface area contributed by atoms with Crippen LogP contribution in [-0.2, 0) is 4.79 Å². The van der Waals surface area contributed by atoms with Crippen molar-refractivity contribution in [1.82, 2.24) is 15.2 Å². The van der Waals surface area contributed by atoms with Crippen molar-refractivity contribution in [3.8, 4) is 10.7 Å². The minimum Gasteiger partial charge on any atom is -0.322 e. The largest absolute Gasteiger partial charge is 0.322 e. The quantitative estimate of drug-likeness (QED) is 0.755. The van der Waals surface area contributed by atoms with Crippen LogP contribution in [0.25, 0.3) is 10.7 Å². The molecule has 0 aliphatic rings. The first-order chi connectivity index (χ1) is 10.8. The Balaban J connectivity index is 1.81. The molecule has 0 aliphatic heterocycles. The van der Waals surface area contributed by atoms with Crippen molar-refractivity contribution in [2.45, 2.75) is 19.3 Å². The van der Waals surface area contributed by atoms with E-state index in [1.54, 1.807) is 12.4 Å². The summed E-state index contributed by atoms with van der Waals surface area (Å²) in [7, 11) is 0. The maximum atomic E-state index is 12.6. The molecule has 0 saturated carbocycles. The van der Waals surface area contributed by atoms with Crippen LogP contribution in [0.1, 0.15) is 24.8 Å². The fourth-order valence-corrected chi connectivity index (χ4v) is 3.01. The van der Waals surface area contributed by atoms with Gasteiger partial charge in [0, 0.05) is 11.6 Å². The third-order valence-corrected chi connectivity index (χ3v) is 4.26. The summed E-state index contributed by atoms with van der Waals surface area (Å²) in [6.07, 6.45) is 4.08. The molecule has 0 radical (unpaired) electrons. The molecule has 0 fully saturated rings. The lowest BCUT2D eigenvalue weighted by Crippen LogP contribution is -2.20. The number of carbonyl (C=O) groups excluding carboxylic acids is 1. The van der Waals surface area contributed by atoms with Crippen LogP contribution in [0.3, 0.4) is 0 Å². The summed E-state index contributed by atoms with van der Waals surface area (Å²) in [5.41, 5.74) is 2.42. The van der Waals surface area contributed by atoms with E-state index in [0.29, 0.717) is 5.69 Å². The number of aromatic amines is 1. The van der Waals surface area contributed by atoms with Crippen LogP contribution in [0.2, 0.25) is 0 Å². The summed E-state index contributed by atoms with van der Waals surface area (Å²) in [4.78, 5) is 16.8. The standard InChI is InChI=1S/C16H16N4OS/c1-2-12(11-6-4-3-5-7-11)15(21)19-13-10-18-20-14(13)16-17-8-9-22-16/h3-10,12H,2H2,1H3,(H,18,20)(H,19,21)/t12-/m1/s1. The Morgan fingerprint density at radius 2 is 2.18 bits per heavy atom. The first-order valence-corrected chi connectivity index (χ1v) is 7.96. The lowest BCUT2D eigenvalue weighted by molar-refractivity contribution is -0.117. The van der Waals surface area contributed by atoms with Gasteiger partial charge in [-0.05, 0) is 12.0 Å². The Hall–Kier alpha value is -2.47. The number of aromatic nitrogens is 3. The molecule has 2 heterocycles. The molecule has 0 unspecified atom stereocenters. The van der Waals surface area contributed by atoms with Gasteiger partial charge >= 0.3 is 0 Å². The highest BCUT2D eigenvalue weighted by atomic mass is 32.1. The van der Waals surface area contributed by atoms with Crippen molar-refractivity contribution in [3.05, 3.63) is 53.7 Å². The van der Waals surface area contributed by atoms with Crippen molar-refractivity contribution in [1.29, 1.82) is 0 Å². The number of carbonyl (C=O) groups is 1. The van der Waals surface area contributed by atoms with Crippen molar-refractivity contribution < 1.29 is 4.79 Å². The molecule has 1 amide bonds. The van der Waals surface area contributed by atoms with E-state index in [4.69, 9.17) is 0 Å². The van der Waals surface area contributed by atoms with Gasteiger partial charge in [-0.25, -0.2) is 4.98 Å². The van der Waals surface area contributed by atoms with Crippen molar-refractivity contribution in [2.75, 3.05) is 5.32 Å². The van der Waals surface area contributed by atoms with Gasteiger partial charge in [0.2, 0.25) is 5.91 Å². The molecule has 0 saturated heterocycles. The second kappa shape index (κ2) is 6.53. The monoisotopic (exact) mass is 312 g/mol. The summed E-state index contributed by atoms with van der Waals surface area (Å²) in [5, 5.41) is 12.6. The Morgan fingerprint density at radius 1 is 1.36 bits per heavy atom. The second-order valence-electron chi connectivity index (χ2n) is 4.86. The molecule has 2 aromatic heterocycles. The zero-order valence-corrected chi connectivity index (χ0v) is 12.9. The molecule has 1 atom stereocenters. The molecule has 0 bridgehead atoms. The predicted octanol–water partition coefficient (Wildman–Crippen LogP) is 3.67. The number of hydrogen-bond acceptors (Lipinski definition) is 4. The molecule has 0 aliphatic carbocycles. The number of anilines is 1. The molecule has 1 aromatic carbocycles. The maximum absolute atomic E-state index is 12.6. The first kappa shape index (κ1) is 14.5. The minimum absolute atomic E-state index is 0.0343. The zero-order chi connectivity index (χ0) is 15.4. The van der Waals surface area contributed by atoms with Crippen LogP contribution in [0.4, 0.5) is 5.69 Å². The first-order valence-electron chi connectivity index (χ1n) is 7.08. The van der Waals surface area contributed by atoms with Gasteiger partial charge in [-0.1, -0.05) is 37.3 Å². The number of amides is 1. The van der Waals surface area contributed by atoms with Gasteiger partial charge < -0.3 is 5.32 Å². The Bertz CT molecular complexity index is 737. The van der Waals surface area contributed by atoms with E-state index in [0.717, 1.165) is 22.7 Å². The van der Waals surface area contributed by atoms with E-state index in [1.807, 2.05) is 42.6 Å². The number of nitrogens with zero attached hydrogens (tertiary/aromatic N) is 2. The van der Waals surface area contributed by atoms with Gasteiger partial charge in [0.15, 0.2) is 0 Å². The summed E-state index contributed by atoms with van der Waals surface area (Å²) in [6.45, 7) is 2.01. The van der Waals surface area contributed by atoms with Crippen LogP contribution < -0.4 is 5.32 Å². The number of H-pyrrole nitrogens is 1. The summed E-state index contributed by atoms with van der Waals surface area (Å²) >= 11 is 1.50. The van der Waals surface area contributed by atoms with Crippen LogP contribution in [0, 0.1) is 0 Å². The predicted molar refractivity (Wildman–Crippen MR) is 87.8 cm³/mol. The van der Waals surface area contributed by atoms with Gasteiger partial charge in [0.25, 0.3) is 0 Å². The number of benzene rings is 1. The average molecular weight is 312 g/mol. The van der Waals surface area contributed by atoms with Gasteiger partial charge in [0.05, 0.1) is 17.8 Å². The maximum Gasteiger partial charge on any atom is 0.232 e. The van der Waals surface area contributed by atoms with Gasteiger partial charge in [-0.3, -0.25) is 9.89 Å². The number of hydrogen-bond donors (Lipinski definition) is 2. The SMILES string of the molecule is CC[C@@H](C(=O)Nc1cn[nH]c1-c1nccs1)c1ccccc1. The molecule has 2 N–H and O–H groups in total. The van der Waals surface area contributed by atoms with E-state index >= 15 is 0 Å². The molecule has 112 valence electrons. The molecule has 3 aromatic rings. The van der Waals surface area contributed by atoms with Crippen LogP contribution in [0.5, 0.6) is 0 Å². The van der Waals surface area contributed by atoms with E-state index < -0.39 is 0 Å². The van der Waals surface area contributed by atoms with Gasteiger partial charge in [-0.2, -0.15) is 5.10 Å². The Morgan fingerprint density at radius 3 is 2.86 bits per heavy atom. The summed E-state index contributed by atoms with van der Waals surface area (Å²) in [5.74, 6) is -0.215. The van der Waals surface area contributed by atoms with Crippen molar-refractivity contribution in [2.24, 2.45) is 0 Å². The van der Waals surface area contributed by atoms with Crippen molar-refractivity contribution >= 4 is 22.9 Å². The van der Waals surface area contributed by atoms with E-state index in [-0.39, 0.29) is 11.8 Å². The van der Waals surface area contributed by atoms with Crippen molar-refractivity contribution in [3.63, 3.8) is 0 Å². The average Bonchev–Trinajstić information content (AvgIpc) is 3.20. The lowest BCUT2D eigenvalue weighted by Gasteiger charge is -2.15. The number of thiazole rings is 1. The van der Waals surface area contributed by atoms with Crippen LogP contribution in [0.15, 0.2) is 48.1 Å². The van der Waals surface area contributed by atoms with Crippen LogP contribution in [-0.4, -0.2) is 21.1 Å². The summed E-state index contributed by atoms with van der Waals surface area (Å²) < 4.78 is 0. The molecule has 3 rings (SSSR count). The minimum atomic E-state index is -0.180. The molecule has 22 heavy (non-hydrogen) atoms. The van der Waals surface area contributed by atoms with Gasteiger partial charge in [0.1, 0.15) is 10.7 Å². The smallest absolute Gasteiger partial charge is 0.232 e. The number of rotatable bonds is 5. The van der Waals surface area contributed by atoms with E-state index in [2.05, 4.69) is 20.5 Å². The fraction of sp³-hybridized carbons (Fsp3) is 0.188. The normalized spacial score (nSPS) is 12.0. The third kappa shape index (κ3) is 2.92. The van der Waals surface area contributed by atoms with Gasteiger partial charge in [-0.15, -0.1) is 11.3 Å².